The topological polar surface area (TPSA) is 53.4 Å². The van der Waals surface area contributed by atoms with Gasteiger partial charge in [0.2, 0.25) is 0 Å². The molecule has 16 heavy (non-hydrogen) atoms. The van der Waals surface area contributed by atoms with E-state index in [1.165, 1.54) is 0 Å². The summed E-state index contributed by atoms with van der Waals surface area (Å²) in [6, 6.07) is 11.4. The van der Waals surface area contributed by atoms with Gasteiger partial charge in [0.1, 0.15) is 0 Å². The van der Waals surface area contributed by atoms with Crippen molar-refractivity contribution in [3.8, 4) is 11.1 Å². The van der Waals surface area contributed by atoms with Gasteiger partial charge in [-0.05, 0) is 23.3 Å². The van der Waals surface area contributed by atoms with Gasteiger partial charge in [0.05, 0.1) is 18.9 Å². The minimum Gasteiger partial charge on any atom is -0.392 e. The summed E-state index contributed by atoms with van der Waals surface area (Å²) in [4.78, 5) is 4.12. The van der Waals surface area contributed by atoms with Crippen LogP contribution in [0.1, 0.15) is 11.3 Å². The number of aromatic nitrogens is 1. The molecule has 0 aliphatic rings. The summed E-state index contributed by atoms with van der Waals surface area (Å²) in [5.41, 5.74) is 3.53. The van der Waals surface area contributed by atoms with Crippen LogP contribution in [-0.4, -0.2) is 15.2 Å². The molecule has 0 saturated heterocycles. The second kappa shape index (κ2) is 4.88. The molecule has 2 aromatic rings. The van der Waals surface area contributed by atoms with Crippen LogP contribution in [0.3, 0.4) is 0 Å². The summed E-state index contributed by atoms with van der Waals surface area (Å²) >= 11 is 0. The zero-order valence-electron chi connectivity index (χ0n) is 8.80. The van der Waals surface area contributed by atoms with E-state index in [2.05, 4.69) is 4.98 Å². The Morgan fingerprint density at radius 3 is 2.44 bits per heavy atom. The Balaban J connectivity index is 2.34. The quantitative estimate of drug-likeness (QED) is 0.819. The number of aliphatic hydroxyl groups excluding tert-OH is 2. The lowest BCUT2D eigenvalue weighted by molar-refractivity contribution is 0.277. The molecule has 2 rings (SSSR count). The second-order valence-electron chi connectivity index (χ2n) is 3.55. The van der Waals surface area contributed by atoms with Crippen molar-refractivity contribution in [2.45, 2.75) is 13.2 Å². The first-order valence-electron chi connectivity index (χ1n) is 5.09. The predicted molar refractivity (Wildman–Crippen MR) is 61.5 cm³/mol. The average Bonchev–Trinajstić information content (AvgIpc) is 2.39. The molecule has 0 amide bonds. The molecule has 0 fully saturated rings. The van der Waals surface area contributed by atoms with Crippen LogP contribution in [0.25, 0.3) is 11.1 Å². The molecule has 0 unspecified atom stereocenters. The van der Waals surface area contributed by atoms with Gasteiger partial charge in [-0.1, -0.05) is 24.3 Å². The number of aliphatic hydroxyl groups is 2. The van der Waals surface area contributed by atoms with E-state index in [9.17, 15) is 0 Å². The van der Waals surface area contributed by atoms with Gasteiger partial charge in [0.25, 0.3) is 0 Å². The van der Waals surface area contributed by atoms with Gasteiger partial charge in [-0.3, -0.25) is 4.98 Å². The minimum absolute atomic E-state index is 0.0377. The Morgan fingerprint density at radius 1 is 0.938 bits per heavy atom. The smallest absolute Gasteiger partial charge is 0.0852 e. The first kappa shape index (κ1) is 10.8. The van der Waals surface area contributed by atoms with Crippen LogP contribution in [-0.2, 0) is 13.2 Å². The van der Waals surface area contributed by atoms with Crippen molar-refractivity contribution in [1.29, 1.82) is 0 Å². The highest BCUT2D eigenvalue weighted by Crippen LogP contribution is 2.19. The summed E-state index contributed by atoms with van der Waals surface area (Å²) in [6.07, 6.45) is 1.72. The fraction of sp³-hybridized carbons (Fsp3) is 0.154. The van der Waals surface area contributed by atoms with Gasteiger partial charge in [-0.2, -0.15) is 0 Å². The van der Waals surface area contributed by atoms with E-state index in [1.807, 2.05) is 30.3 Å². The van der Waals surface area contributed by atoms with Gasteiger partial charge < -0.3 is 10.2 Å². The van der Waals surface area contributed by atoms with Gasteiger partial charge in [-0.25, -0.2) is 0 Å². The fourth-order valence-electron chi connectivity index (χ4n) is 1.54. The minimum atomic E-state index is -0.0447. The van der Waals surface area contributed by atoms with E-state index in [0.717, 1.165) is 16.7 Å². The summed E-state index contributed by atoms with van der Waals surface area (Å²) in [6.45, 7) is -0.00699. The molecular weight excluding hydrogens is 202 g/mol. The Labute approximate surface area is 94.0 Å². The van der Waals surface area contributed by atoms with Crippen molar-refractivity contribution in [2.75, 3.05) is 0 Å². The summed E-state index contributed by atoms with van der Waals surface area (Å²) in [7, 11) is 0. The van der Waals surface area contributed by atoms with Crippen molar-refractivity contribution in [3.05, 3.63) is 53.9 Å². The number of pyridine rings is 1. The van der Waals surface area contributed by atoms with Crippen molar-refractivity contribution >= 4 is 0 Å². The van der Waals surface area contributed by atoms with Crippen molar-refractivity contribution < 1.29 is 10.2 Å². The van der Waals surface area contributed by atoms with Crippen LogP contribution in [0.2, 0.25) is 0 Å². The Hall–Kier alpha value is -1.71. The van der Waals surface area contributed by atoms with Crippen LogP contribution in [0.4, 0.5) is 0 Å². The molecule has 3 heteroatoms. The Kier molecular flexibility index (Phi) is 3.29. The molecule has 0 bridgehead atoms. The fourth-order valence-corrected chi connectivity index (χ4v) is 1.54. The monoisotopic (exact) mass is 215 g/mol. The molecule has 82 valence electrons. The number of rotatable bonds is 3. The van der Waals surface area contributed by atoms with Crippen molar-refractivity contribution in [3.63, 3.8) is 0 Å². The lowest BCUT2D eigenvalue weighted by atomic mass is 10.0. The number of hydrogen-bond acceptors (Lipinski definition) is 3. The highest BCUT2D eigenvalue weighted by Gasteiger charge is 1.99. The Bertz CT molecular complexity index is 466. The van der Waals surface area contributed by atoms with E-state index in [4.69, 9.17) is 10.2 Å². The molecule has 0 aliphatic heterocycles. The SMILES string of the molecule is OCc1cccc(-c2ccc(CO)nc2)c1. The van der Waals surface area contributed by atoms with Crippen LogP contribution in [0.5, 0.6) is 0 Å². The summed E-state index contributed by atoms with van der Waals surface area (Å²) in [5, 5.41) is 17.9. The van der Waals surface area contributed by atoms with Crippen LogP contribution >= 0.6 is 0 Å². The first-order valence-corrected chi connectivity index (χ1v) is 5.09. The lowest BCUT2D eigenvalue weighted by Gasteiger charge is -2.04. The third kappa shape index (κ3) is 2.27. The second-order valence-corrected chi connectivity index (χ2v) is 3.55. The van der Waals surface area contributed by atoms with Crippen molar-refractivity contribution in [2.24, 2.45) is 0 Å². The third-order valence-corrected chi connectivity index (χ3v) is 2.43. The average molecular weight is 215 g/mol. The van der Waals surface area contributed by atoms with Crippen LogP contribution in [0.15, 0.2) is 42.6 Å². The van der Waals surface area contributed by atoms with Gasteiger partial charge in [0, 0.05) is 11.8 Å². The van der Waals surface area contributed by atoms with Crippen LogP contribution in [0, 0.1) is 0 Å². The van der Waals surface area contributed by atoms with E-state index in [1.54, 1.807) is 12.3 Å². The largest absolute Gasteiger partial charge is 0.392 e. The zero-order chi connectivity index (χ0) is 11.4. The highest BCUT2D eigenvalue weighted by atomic mass is 16.3. The highest BCUT2D eigenvalue weighted by molar-refractivity contribution is 5.63. The molecule has 0 spiro atoms. The van der Waals surface area contributed by atoms with E-state index in [-0.39, 0.29) is 13.2 Å². The normalized spacial score (nSPS) is 10.4. The molecule has 2 N–H and O–H groups in total. The Morgan fingerprint density at radius 2 is 1.81 bits per heavy atom. The molecule has 1 aromatic carbocycles. The number of hydrogen-bond donors (Lipinski definition) is 2. The van der Waals surface area contributed by atoms with E-state index < -0.39 is 0 Å². The van der Waals surface area contributed by atoms with Crippen molar-refractivity contribution in [1.82, 2.24) is 4.98 Å². The lowest BCUT2D eigenvalue weighted by Crippen LogP contribution is -1.89. The number of benzene rings is 1. The molecular formula is C13H13NO2. The molecule has 1 aromatic heterocycles. The third-order valence-electron chi connectivity index (χ3n) is 2.43. The molecule has 0 radical (unpaired) electrons. The van der Waals surface area contributed by atoms with E-state index in [0.29, 0.717) is 5.69 Å². The maximum absolute atomic E-state index is 9.04. The van der Waals surface area contributed by atoms with Gasteiger partial charge in [-0.15, -0.1) is 0 Å². The molecule has 3 nitrogen and oxygen atoms in total. The maximum Gasteiger partial charge on any atom is 0.0852 e. The molecule has 0 atom stereocenters. The predicted octanol–water partition coefficient (Wildman–Crippen LogP) is 1.73. The molecule has 1 heterocycles. The van der Waals surface area contributed by atoms with E-state index >= 15 is 0 Å². The summed E-state index contributed by atoms with van der Waals surface area (Å²) in [5.74, 6) is 0. The number of nitrogens with zero attached hydrogens (tertiary/aromatic N) is 1. The molecule has 0 saturated carbocycles. The van der Waals surface area contributed by atoms with Gasteiger partial charge in [0.15, 0.2) is 0 Å². The molecule has 0 aliphatic carbocycles. The first-order chi connectivity index (χ1) is 7.83. The standard InChI is InChI=1S/C13H13NO2/c15-8-10-2-1-3-11(6-10)12-4-5-13(9-16)14-7-12/h1-7,15-16H,8-9H2. The zero-order valence-corrected chi connectivity index (χ0v) is 8.80. The maximum atomic E-state index is 9.04. The summed E-state index contributed by atoms with van der Waals surface area (Å²) < 4.78 is 0. The van der Waals surface area contributed by atoms with Gasteiger partial charge >= 0.3 is 0 Å². The van der Waals surface area contributed by atoms with Crippen LogP contribution < -0.4 is 0 Å².